The number of hydrogen-bond acceptors (Lipinski definition) is 8. The Morgan fingerprint density at radius 2 is 1.17 bits per heavy atom. The van der Waals surface area contributed by atoms with E-state index >= 15 is 0 Å². The van der Waals surface area contributed by atoms with Crippen molar-refractivity contribution in [2.24, 2.45) is 0 Å². The zero-order valence-electron chi connectivity index (χ0n) is 16.9. The lowest BCUT2D eigenvalue weighted by atomic mass is 9.98. The van der Waals surface area contributed by atoms with Crippen molar-refractivity contribution in [1.82, 2.24) is 0 Å². The normalized spacial score (nSPS) is 11.0. The topological polar surface area (TPSA) is 152 Å². The number of carboxylic acids is 2. The summed E-state index contributed by atoms with van der Waals surface area (Å²) >= 11 is 0. The van der Waals surface area contributed by atoms with Gasteiger partial charge in [-0.25, -0.2) is 9.59 Å². The van der Waals surface area contributed by atoms with Crippen LogP contribution in [0.2, 0.25) is 0 Å². The molecule has 0 bridgehead atoms. The molecule has 0 amide bonds. The summed E-state index contributed by atoms with van der Waals surface area (Å²) in [4.78, 5) is 23.3. The van der Waals surface area contributed by atoms with Gasteiger partial charge in [0.1, 0.15) is 13.6 Å². The van der Waals surface area contributed by atoms with Crippen LogP contribution < -0.4 is 0 Å². The van der Waals surface area contributed by atoms with E-state index in [0.29, 0.717) is 44.5 Å². The maximum atomic E-state index is 11.6. The molecule has 1 rings (SSSR count). The van der Waals surface area contributed by atoms with Gasteiger partial charge in [0.15, 0.2) is 0 Å². The number of carbonyl (C=O) groups is 2. The second-order valence-corrected chi connectivity index (χ2v) is 6.39. The summed E-state index contributed by atoms with van der Waals surface area (Å²) in [5.74, 6) is -2.55. The lowest BCUT2D eigenvalue weighted by Gasteiger charge is -2.14. The van der Waals surface area contributed by atoms with Gasteiger partial charge >= 0.3 is 11.9 Å². The quantitative estimate of drug-likeness (QED) is 0.200. The predicted octanol–water partition coefficient (Wildman–Crippen LogP) is 1.61. The van der Waals surface area contributed by atoms with Gasteiger partial charge in [0, 0.05) is 32.0 Å². The van der Waals surface area contributed by atoms with Gasteiger partial charge in [-0.2, -0.15) is 0 Å². The van der Waals surface area contributed by atoms with Crippen molar-refractivity contribution in [3.8, 4) is 0 Å². The second-order valence-electron chi connectivity index (χ2n) is 6.39. The summed E-state index contributed by atoms with van der Waals surface area (Å²) in [5, 5.41) is 36.4. The molecule has 1 aromatic rings. The first-order valence-electron chi connectivity index (χ1n) is 9.66. The van der Waals surface area contributed by atoms with E-state index in [-0.39, 0.29) is 56.7 Å². The van der Waals surface area contributed by atoms with Crippen LogP contribution in [-0.2, 0) is 32.2 Å². The molecule has 10 nitrogen and oxygen atoms in total. The summed E-state index contributed by atoms with van der Waals surface area (Å²) in [7, 11) is 0. The number of rotatable bonds is 18. The Bertz CT molecular complexity index is 611. The van der Waals surface area contributed by atoms with E-state index < -0.39 is 11.9 Å². The average Bonchev–Trinajstić information content (AvgIpc) is 2.72. The maximum Gasteiger partial charge on any atom is 0.336 e. The van der Waals surface area contributed by atoms with E-state index in [4.69, 9.17) is 29.2 Å². The van der Waals surface area contributed by atoms with Crippen LogP contribution in [0.1, 0.15) is 57.5 Å². The summed E-state index contributed by atoms with van der Waals surface area (Å²) in [6.07, 6.45) is 2.57. The van der Waals surface area contributed by atoms with Crippen molar-refractivity contribution in [3.63, 3.8) is 0 Å². The summed E-state index contributed by atoms with van der Waals surface area (Å²) in [5.41, 5.74) is 0.0565. The van der Waals surface area contributed by atoms with Crippen LogP contribution in [0.25, 0.3) is 0 Å². The lowest BCUT2D eigenvalue weighted by molar-refractivity contribution is -0.0637. The van der Waals surface area contributed by atoms with Crippen molar-refractivity contribution in [2.75, 3.05) is 40.0 Å². The number of ether oxygens (including phenoxy) is 4. The number of aliphatic hydroxyl groups excluding tert-OH is 2. The maximum absolute atomic E-state index is 11.6. The Morgan fingerprint density at radius 1 is 0.700 bits per heavy atom. The number of unbranched alkanes of at least 4 members (excludes halogenated alkanes) is 2. The van der Waals surface area contributed by atoms with Gasteiger partial charge in [-0.1, -0.05) is 0 Å². The number of carboxylic acid groups (broad SMARTS) is 2. The van der Waals surface area contributed by atoms with Crippen LogP contribution in [0.5, 0.6) is 0 Å². The molecule has 0 spiro atoms. The van der Waals surface area contributed by atoms with E-state index in [9.17, 15) is 19.8 Å². The van der Waals surface area contributed by atoms with Gasteiger partial charge in [0.2, 0.25) is 0 Å². The summed E-state index contributed by atoms with van der Waals surface area (Å²) in [6.45, 7) is 0.535. The lowest BCUT2D eigenvalue weighted by Crippen LogP contribution is -2.14. The molecule has 0 aliphatic rings. The molecule has 0 aliphatic heterocycles. The number of aromatic carboxylic acids is 2. The number of aliphatic hydroxyl groups is 2. The molecule has 0 unspecified atom stereocenters. The third-order valence-electron chi connectivity index (χ3n) is 4.01. The molecular formula is C20H30O10. The number of hydrogen-bond donors (Lipinski definition) is 4. The first-order chi connectivity index (χ1) is 14.5. The molecule has 1 aromatic carbocycles. The van der Waals surface area contributed by atoms with Gasteiger partial charge in [0.25, 0.3) is 0 Å². The Hall–Kier alpha value is -2.08. The second kappa shape index (κ2) is 15.7. The molecule has 0 heterocycles. The smallest absolute Gasteiger partial charge is 0.336 e. The van der Waals surface area contributed by atoms with Crippen LogP contribution >= 0.6 is 0 Å². The molecule has 0 fully saturated rings. The van der Waals surface area contributed by atoms with Crippen molar-refractivity contribution in [1.29, 1.82) is 0 Å². The SMILES string of the molecule is O=C(O)c1cc(COCOCCCCO)cc(C(=O)O)c1COCOCCCCO. The van der Waals surface area contributed by atoms with Gasteiger partial charge in [0.05, 0.1) is 24.3 Å². The molecular weight excluding hydrogens is 400 g/mol. The molecule has 10 heteroatoms. The fraction of sp³-hybridized carbons (Fsp3) is 0.600. The summed E-state index contributed by atoms with van der Waals surface area (Å²) < 4.78 is 21.0. The number of benzene rings is 1. The third kappa shape index (κ3) is 10.1. The van der Waals surface area contributed by atoms with Crippen molar-refractivity contribution >= 4 is 11.9 Å². The molecule has 0 aromatic heterocycles. The standard InChI is InChI=1S/C20H30O10/c21-5-1-3-7-27-13-29-11-15-9-16(19(23)24)18(17(10-15)20(25)26)12-30-14-28-8-4-2-6-22/h9-10,21-22H,1-8,11-14H2,(H,23,24)(H,25,26). The predicted molar refractivity (Wildman–Crippen MR) is 104 cm³/mol. The van der Waals surface area contributed by atoms with Crippen molar-refractivity contribution in [2.45, 2.75) is 38.9 Å². The zero-order chi connectivity index (χ0) is 22.2. The van der Waals surface area contributed by atoms with E-state index in [1.807, 2.05) is 0 Å². The van der Waals surface area contributed by atoms with Crippen LogP contribution in [0.15, 0.2) is 12.1 Å². The Morgan fingerprint density at radius 3 is 1.60 bits per heavy atom. The third-order valence-corrected chi connectivity index (χ3v) is 4.01. The minimum atomic E-state index is -1.28. The van der Waals surface area contributed by atoms with Crippen LogP contribution in [0.4, 0.5) is 0 Å². The molecule has 0 radical (unpaired) electrons. The molecule has 0 atom stereocenters. The Kier molecular flexibility index (Phi) is 13.6. The monoisotopic (exact) mass is 430 g/mol. The Labute approximate surface area is 174 Å². The fourth-order valence-corrected chi connectivity index (χ4v) is 2.52. The van der Waals surface area contributed by atoms with Gasteiger partial charge in [-0.15, -0.1) is 0 Å². The molecule has 170 valence electrons. The minimum absolute atomic E-state index is 0.0182. The molecule has 0 saturated heterocycles. The highest BCUT2D eigenvalue weighted by Crippen LogP contribution is 2.21. The fourth-order valence-electron chi connectivity index (χ4n) is 2.52. The van der Waals surface area contributed by atoms with Crippen LogP contribution in [0, 0.1) is 0 Å². The molecule has 0 saturated carbocycles. The van der Waals surface area contributed by atoms with Crippen LogP contribution in [-0.4, -0.2) is 72.4 Å². The Balaban J connectivity index is 2.69. The largest absolute Gasteiger partial charge is 0.478 e. The van der Waals surface area contributed by atoms with Crippen molar-refractivity contribution < 1.29 is 49.0 Å². The van der Waals surface area contributed by atoms with E-state index in [1.165, 1.54) is 12.1 Å². The van der Waals surface area contributed by atoms with E-state index in [0.717, 1.165) is 0 Å². The highest BCUT2D eigenvalue weighted by atomic mass is 16.7. The average molecular weight is 430 g/mol. The van der Waals surface area contributed by atoms with Gasteiger partial charge in [-0.05, 0) is 43.4 Å². The van der Waals surface area contributed by atoms with Gasteiger partial charge in [-0.3, -0.25) is 0 Å². The minimum Gasteiger partial charge on any atom is -0.478 e. The highest BCUT2D eigenvalue weighted by Gasteiger charge is 2.20. The molecule has 4 N–H and O–H groups in total. The summed E-state index contributed by atoms with van der Waals surface area (Å²) in [6, 6.07) is 2.70. The zero-order valence-corrected chi connectivity index (χ0v) is 16.9. The molecule has 0 aliphatic carbocycles. The molecule has 30 heavy (non-hydrogen) atoms. The first kappa shape index (κ1) is 26.0. The van der Waals surface area contributed by atoms with Crippen molar-refractivity contribution in [3.05, 3.63) is 34.4 Å². The van der Waals surface area contributed by atoms with E-state index in [1.54, 1.807) is 0 Å². The first-order valence-corrected chi connectivity index (χ1v) is 9.66. The highest BCUT2D eigenvalue weighted by molar-refractivity contribution is 5.97. The van der Waals surface area contributed by atoms with Crippen LogP contribution in [0.3, 0.4) is 0 Å². The van der Waals surface area contributed by atoms with E-state index in [2.05, 4.69) is 0 Å². The van der Waals surface area contributed by atoms with Gasteiger partial charge < -0.3 is 39.4 Å².